The first kappa shape index (κ1) is 42.4. The topological polar surface area (TPSA) is 122 Å². The molecule has 268 valence electrons. The van der Waals surface area contributed by atoms with Gasteiger partial charge in [-0.2, -0.15) is 0 Å². The van der Waals surface area contributed by atoms with Crippen LogP contribution in [0.15, 0.2) is 30.3 Å². The molecule has 0 aromatic heterocycles. The maximum atomic E-state index is 13.7. The first-order chi connectivity index (χ1) is 23.0. The molecule has 4 unspecified atom stereocenters. The molecule has 5 atom stereocenters. The van der Waals surface area contributed by atoms with E-state index in [-0.39, 0.29) is 43.9 Å². The standard InChI is InChI=1S/C35H51FN4O5.CH2F2/c1-5-7-19-29(35(45)38-30(33(43)31(41)14-6-2)23-27-17-12-9-13-18-27)37-34(44)28(22-26-15-10-8-11-16-26)24-32(42)40(4)21-20-39(3)25-36;2-1-3/h1-2,8,10-11,15-16,27-31,33,41,43H,7,9,12-14,17-25H2,3-4H3,(H,37,44)(H,38,45);1H2/t28?,29-,30?,31?,33?;/m0./s1. The van der Waals surface area contributed by atoms with E-state index >= 15 is 0 Å². The SMILES string of the molecule is C#CCC[C@H](NC(=O)C(CC(=O)N(C)CCN(C)CF)Cc1ccccc1)C(=O)NC(CC1CCCCC1)C(O)C(O)CC#C.FCF. The summed E-state index contributed by atoms with van der Waals surface area (Å²) in [7, 11) is 3.22. The minimum Gasteiger partial charge on any atom is -0.389 e. The molecule has 1 fully saturated rings. The number of carbonyl (C=O) groups excluding carboxylic acids is 3. The summed E-state index contributed by atoms with van der Waals surface area (Å²) < 4.78 is 32.1. The Bertz CT molecular complexity index is 1160. The van der Waals surface area contributed by atoms with E-state index in [2.05, 4.69) is 22.5 Å². The van der Waals surface area contributed by atoms with Crippen molar-refractivity contribution in [3.63, 3.8) is 0 Å². The molecule has 1 aliphatic rings. The average molecular weight is 679 g/mol. The highest BCUT2D eigenvalue weighted by molar-refractivity contribution is 5.91. The molecule has 3 amide bonds. The molecule has 0 bridgehead atoms. The van der Waals surface area contributed by atoms with Crippen molar-refractivity contribution in [1.29, 1.82) is 0 Å². The van der Waals surface area contributed by atoms with Crippen LogP contribution in [0.4, 0.5) is 13.2 Å². The summed E-state index contributed by atoms with van der Waals surface area (Å²) in [6.45, 7) is -1.75. The van der Waals surface area contributed by atoms with Crippen LogP contribution in [0.25, 0.3) is 0 Å². The van der Waals surface area contributed by atoms with Gasteiger partial charge in [-0.3, -0.25) is 19.3 Å². The van der Waals surface area contributed by atoms with E-state index in [1.807, 2.05) is 30.3 Å². The third kappa shape index (κ3) is 16.5. The predicted molar refractivity (Wildman–Crippen MR) is 180 cm³/mol. The Morgan fingerprint density at radius 2 is 1.60 bits per heavy atom. The smallest absolute Gasteiger partial charge is 0.242 e. The zero-order chi connectivity index (χ0) is 35.9. The van der Waals surface area contributed by atoms with Crippen LogP contribution in [-0.2, 0) is 20.8 Å². The van der Waals surface area contributed by atoms with E-state index in [9.17, 15) is 37.8 Å². The monoisotopic (exact) mass is 678 g/mol. The predicted octanol–water partition coefficient (Wildman–Crippen LogP) is 3.53. The highest BCUT2D eigenvalue weighted by Gasteiger charge is 2.34. The molecule has 4 N–H and O–H groups in total. The second-order valence-electron chi connectivity index (χ2n) is 12.3. The van der Waals surface area contributed by atoms with Crippen molar-refractivity contribution in [2.45, 2.75) is 94.9 Å². The second-order valence-corrected chi connectivity index (χ2v) is 12.3. The Hall–Kier alpha value is -3.58. The van der Waals surface area contributed by atoms with Crippen LogP contribution in [0, 0.1) is 36.5 Å². The maximum absolute atomic E-state index is 13.7. The van der Waals surface area contributed by atoms with Gasteiger partial charge in [0.25, 0.3) is 0 Å². The zero-order valence-electron chi connectivity index (χ0n) is 28.3. The first-order valence-corrected chi connectivity index (χ1v) is 16.5. The molecule has 12 heteroatoms. The fourth-order valence-electron chi connectivity index (χ4n) is 5.67. The second kappa shape index (κ2) is 24.5. The highest BCUT2D eigenvalue weighted by Crippen LogP contribution is 2.28. The van der Waals surface area contributed by atoms with Crippen LogP contribution < -0.4 is 10.6 Å². The van der Waals surface area contributed by atoms with Crippen molar-refractivity contribution in [2.75, 3.05) is 40.9 Å². The van der Waals surface area contributed by atoms with Crippen LogP contribution in [0.1, 0.15) is 69.8 Å². The molecule has 2 rings (SSSR count). The van der Waals surface area contributed by atoms with Gasteiger partial charge in [-0.25, -0.2) is 13.2 Å². The fraction of sp³-hybridized carbons (Fsp3) is 0.639. The fourth-order valence-corrected chi connectivity index (χ4v) is 5.67. The van der Waals surface area contributed by atoms with Crippen LogP contribution in [0.2, 0.25) is 0 Å². The molecule has 0 saturated heterocycles. The van der Waals surface area contributed by atoms with Gasteiger partial charge in [-0.1, -0.05) is 62.4 Å². The number of terminal acetylenes is 2. The van der Waals surface area contributed by atoms with Gasteiger partial charge in [-0.05, 0) is 37.8 Å². The summed E-state index contributed by atoms with van der Waals surface area (Å²) in [5.74, 6) is 3.08. The van der Waals surface area contributed by atoms with Crippen LogP contribution in [0.3, 0.4) is 0 Å². The van der Waals surface area contributed by atoms with Crippen molar-refractivity contribution in [1.82, 2.24) is 20.4 Å². The van der Waals surface area contributed by atoms with Gasteiger partial charge in [0.05, 0.1) is 18.1 Å². The number of benzene rings is 1. The quantitative estimate of drug-likeness (QED) is 0.131. The third-order valence-electron chi connectivity index (χ3n) is 8.55. The molecule has 1 aromatic carbocycles. The van der Waals surface area contributed by atoms with Crippen LogP contribution in [-0.4, -0.2) is 103 Å². The number of rotatable bonds is 19. The number of aliphatic hydroxyl groups excluding tert-OH is 2. The summed E-state index contributed by atoms with van der Waals surface area (Å²) in [6, 6.07) is 7.49. The van der Waals surface area contributed by atoms with Gasteiger partial charge < -0.3 is 25.7 Å². The van der Waals surface area contributed by atoms with Gasteiger partial charge in [-0.15, -0.1) is 24.7 Å². The lowest BCUT2D eigenvalue weighted by atomic mass is 9.82. The van der Waals surface area contributed by atoms with E-state index < -0.39 is 55.8 Å². The molecule has 0 heterocycles. The number of alkyl halides is 3. The lowest BCUT2D eigenvalue weighted by Crippen LogP contribution is -2.56. The largest absolute Gasteiger partial charge is 0.389 e. The number of hydrogen-bond donors (Lipinski definition) is 4. The van der Waals surface area contributed by atoms with Gasteiger partial charge in [0.2, 0.25) is 24.6 Å². The normalized spacial score (nSPS) is 16.1. The minimum atomic E-state index is -1.75. The van der Waals surface area contributed by atoms with Gasteiger partial charge in [0.1, 0.15) is 18.9 Å². The number of amides is 3. The maximum Gasteiger partial charge on any atom is 0.242 e. The molecular weight excluding hydrogens is 625 g/mol. The van der Waals surface area contributed by atoms with E-state index in [4.69, 9.17) is 12.8 Å². The van der Waals surface area contributed by atoms with Crippen LogP contribution >= 0.6 is 0 Å². The van der Waals surface area contributed by atoms with E-state index in [1.54, 1.807) is 14.1 Å². The summed E-state index contributed by atoms with van der Waals surface area (Å²) in [5, 5.41) is 27.2. The Morgan fingerprint density at radius 1 is 0.958 bits per heavy atom. The molecule has 48 heavy (non-hydrogen) atoms. The highest BCUT2D eigenvalue weighted by atomic mass is 19.3. The average Bonchev–Trinajstić information content (AvgIpc) is 3.08. The van der Waals surface area contributed by atoms with Crippen molar-refractivity contribution < 1.29 is 37.8 Å². The van der Waals surface area contributed by atoms with Crippen molar-refractivity contribution in [2.24, 2.45) is 11.8 Å². The van der Waals surface area contributed by atoms with Crippen LogP contribution in [0.5, 0.6) is 0 Å². The molecular formula is C36H53F3N4O5. The lowest BCUT2D eigenvalue weighted by Gasteiger charge is -2.33. The van der Waals surface area contributed by atoms with E-state index in [0.29, 0.717) is 19.5 Å². The van der Waals surface area contributed by atoms with Crippen molar-refractivity contribution in [3.8, 4) is 24.7 Å². The summed E-state index contributed by atoms with van der Waals surface area (Å²) in [4.78, 5) is 43.5. The molecule has 1 aromatic rings. The molecule has 9 nitrogen and oxygen atoms in total. The summed E-state index contributed by atoms with van der Waals surface area (Å²) in [6.07, 6.45) is 14.5. The van der Waals surface area contributed by atoms with Gasteiger partial charge in [0.15, 0.2) is 0 Å². The zero-order valence-corrected chi connectivity index (χ0v) is 28.3. The number of nitrogens with one attached hydrogen (secondary N) is 2. The molecule has 0 aliphatic heterocycles. The van der Waals surface area contributed by atoms with E-state index in [0.717, 1.165) is 37.7 Å². The Morgan fingerprint density at radius 3 is 2.19 bits per heavy atom. The Balaban J connectivity index is 0.00000369. The number of likely N-dealkylation sites (N-methyl/N-ethyl adjacent to an activating group) is 2. The van der Waals surface area contributed by atoms with Crippen molar-refractivity contribution in [3.05, 3.63) is 35.9 Å². The number of hydrogen-bond acceptors (Lipinski definition) is 6. The molecule has 0 spiro atoms. The number of halogens is 3. The van der Waals surface area contributed by atoms with Crippen molar-refractivity contribution >= 4 is 17.7 Å². The molecule has 1 saturated carbocycles. The van der Waals surface area contributed by atoms with Gasteiger partial charge >= 0.3 is 0 Å². The summed E-state index contributed by atoms with van der Waals surface area (Å²) in [5.41, 5.74) is 0.855. The molecule has 1 aliphatic carbocycles. The van der Waals surface area contributed by atoms with E-state index in [1.165, 1.54) is 9.80 Å². The number of aliphatic hydroxyl groups is 2. The number of carbonyl (C=O) groups is 3. The Labute approximate surface area is 284 Å². The Kier molecular flexibility index (Phi) is 21.7. The lowest BCUT2D eigenvalue weighted by molar-refractivity contribution is -0.137. The third-order valence-corrected chi connectivity index (χ3v) is 8.55. The summed E-state index contributed by atoms with van der Waals surface area (Å²) >= 11 is 0. The minimum absolute atomic E-state index is 0.0663. The first-order valence-electron chi connectivity index (χ1n) is 16.5. The molecule has 0 radical (unpaired) electrons. The van der Waals surface area contributed by atoms with Gasteiger partial charge in [0, 0.05) is 39.4 Å². The number of nitrogens with zero attached hydrogens (tertiary/aromatic N) is 2.